The first-order chi connectivity index (χ1) is 14.8. The van der Waals surface area contributed by atoms with Crippen LogP contribution in [0.3, 0.4) is 0 Å². The molecule has 0 aliphatic heterocycles. The molecule has 1 aliphatic rings. The highest BCUT2D eigenvalue weighted by Gasteiger charge is 2.25. The Morgan fingerprint density at radius 2 is 2.00 bits per heavy atom. The van der Waals surface area contributed by atoms with Gasteiger partial charge in [0.2, 0.25) is 0 Å². The number of aromatic nitrogens is 1. The van der Waals surface area contributed by atoms with Crippen molar-refractivity contribution < 1.29 is 5.11 Å². The Morgan fingerprint density at radius 1 is 1.26 bits per heavy atom. The van der Waals surface area contributed by atoms with Gasteiger partial charge in [0.05, 0.1) is 11.3 Å². The Labute approximate surface area is 184 Å². The number of nitrogens with zero attached hydrogens (tertiary/aromatic N) is 1. The minimum Gasteiger partial charge on any atom is -0.494 e. The van der Waals surface area contributed by atoms with Crippen molar-refractivity contribution in [2.24, 2.45) is 10.9 Å². The molecule has 3 rings (SSSR count). The fraction of sp³-hybridized carbons (Fsp3) is 0.385. The maximum atomic E-state index is 10.7. The summed E-state index contributed by atoms with van der Waals surface area (Å²) in [6.07, 6.45) is 8.28. The predicted octanol–water partition coefficient (Wildman–Crippen LogP) is 3.89. The van der Waals surface area contributed by atoms with Crippen molar-refractivity contribution >= 4 is 23.7 Å². The first-order valence-corrected chi connectivity index (χ1v) is 11.0. The summed E-state index contributed by atoms with van der Waals surface area (Å²) in [5.41, 5.74) is 6.00. The van der Waals surface area contributed by atoms with Crippen LogP contribution < -0.4 is 15.9 Å². The van der Waals surface area contributed by atoms with Gasteiger partial charge in [-0.2, -0.15) is 0 Å². The molecule has 0 spiro atoms. The van der Waals surface area contributed by atoms with Crippen molar-refractivity contribution in [1.82, 2.24) is 10.3 Å². The van der Waals surface area contributed by atoms with E-state index in [1.165, 1.54) is 16.7 Å². The van der Waals surface area contributed by atoms with E-state index in [2.05, 4.69) is 66.4 Å². The zero-order chi connectivity index (χ0) is 22.7. The smallest absolute Gasteiger partial charge is 0.198 e. The Hall–Kier alpha value is -3.08. The molecule has 0 saturated heterocycles. The molecule has 31 heavy (non-hydrogen) atoms. The summed E-state index contributed by atoms with van der Waals surface area (Å²) in [7, 11) is 1.80. The summed E-state index contributed by atoms with van der Waals surface area (Å²) in [4.78, 5) is 7.60. The van der Waals surface area contributed by atoms with Crippen molar-refractivity contribution in [3.05, 3.63) is 62.8 Å². The quantitative estimate of drug-likeness (QED) is 0.424. The third-order valence-corrected chi connectivity index (χ3v) is 6.20. The number of amidine groups is 1. The maximum absolute atomic E-state index is 10.7. The summed E-state index contributed by atoms with van der Waals surface area (Å²) in [5, 5.41) is 23.8. The van der Waals surface area contributed by atoms with Crippen LogP contribution in [-0.2, 0) is 6.42 Å². The van der Waals surface area contributed by atoms with E-state index >= 15 is 0 Å². The van der Waals surface area contributed by atoms with E-state index in [9.17, 15) is 5.11 Å². The summed E-state index contributed by atoms with van der Waals surface area (Å²) >= 11 is 0. The Bertz CT molecular complexity index is 1170. The average Bonchev–Trinajstić information content (AvgIpc) is 3.07. The molecule has 4 N–H and O–H groups in total. The molecule has 1 heterocycles. The zero-order valence-corrected chi connectivity index (χ0v) is 19.4. The van der Waals surface area contributed by atoms with Crippen LogP contribution in [0.15, 0.2) is 35.0 Å². The van der Waals surface area contributed by atoms with Crippen LogP contribution >= 0.6 is 0 Å². The monoisotopic (exact) mass is 418 g/mol. The molecule has 2 aromatic rings. The maximum Gasteiger partial charge on any atom is 0.198 e. The molecule has 0 amide bonds. The predicted molar refractivity (Wildman–Crippen MR) is 130 cm³/mol. The normalized spacial score (nSPS) is 18.8. The second kappa shape index (κ2) is 9.38. The third-order valence-electron chi connectivity index (χ3n) is 6.20. The molecule has 1 aliphatic carbocycles. The van der Waals surface area contributed by atoms with E-state index in [0.717, 1.165) is 29.0 Å². The van der Waals surface area contributed by atoms with Gasteiger partial charge in [-0.1, -0.05) is 44.2 Å². The molecule has 1 aromatic heterocycles. The van der Waals surface area contributed by atoms with E-state index in [0.29, 0.717) is 17.2 Å². The Morgan fingerprint density at radius 3 is 2.65 bits per heavy atom. The van der Waals surface area contributed by atoms with Crippen molar-refractivity contribution in [3.8, 4) is 5.88 Å². The van der Waals surface area contributed by atoms with Crippen molar-refractivity contribution in [2.75, 3.05) is 7.05 Å². The first-order valence-electron chi connectivity index (χ1n) is 11.0. The van der Waals surface area contributed by atoms with Gasteiger partial charge in [0.1, 0.15) is 5.84 Å². The fourth-order valence-corrected chi connectivity index (χ4v) is 4.37. The Kier molecular flexibility index (Phi) is 6.84. The number of nitrogens with one attached hydrogen (secondary N) is 3. The molecule has 0 saturated carbocycles. The molecule has 5 heteroatoms. The fourth-order valence-electron chi connectivity index (χ4n) is 4.37. The number of aryl methyl sites for hydroxylation is 2. The third kappa shape index (κ3) is 4.50. The molecule has 1 aromatic carbocycles. The summed E-state index contributed by atoms with van der Waals surface area (Å²) in [6, 6.07) is 6.74. The van der Waals surface area contributed by atoms with E-state index in [4.69, 9.17) is 5.41 Å². The van der Waals surface area contributed by atoms with E-state index in [-0.39, 0.29) is 17.6 Å². The highest BCUT2D eigenvalue weighted by atomic mass is 16.3. The molecule has 0 fully saturated rings. The van der Waals surface area contributed by atoms with Gasteiger partial charge < -0.3 is 15.4 Å². The number of aromatic hydroxyl groups is 1. The minimum absolute atomic E-state index is 0.108. The lowest BCUT2D eigenvalue weighted by Gasteiger charge is -2.25. The number of rotatable bonds is 6. The topological polar surface area (TPSA) is 84.3 Å². The van der Waals surface area contributed by atoms with Gasteiger partial charge in [-0.15, -0.1) is 0 Å². The van der Waals surface area contributed by atoms with Crippen molar-refractivity contribution in [3.63, 3.8) is 0 Å². The molecule has 0 bridgehead atoms. The van der Waals surface area contributed by atoms with Crippen molar-refractivity contribution in [1.29, 1.82) is 5.41 Å². The van der Waals surface area contributed by atoms with Crippen LogP contribution in [0.2, 0.25) is 0 Å². The lowest BCUT2D eigenvalue weighted by atomic mass is 9.78. The van der Waals surface area contributed by atoms with Gasteiger partial charge >= 0.3 is 0 Å². The van der Waals surface area contributed by atoms with Crippen LogP contribution in [0.4, 0.5) is 0 Å². The molecule has 0 radical (unpaired) electrons. The second-order valence-corrected chi connectivity index (χ2v) is 8.31. The molecule has 164 valence electrons. The number of aliphatic imine (C=N–C) groups is 1. The number of fused-ring (bicyclic) bond motifs is 1. The lowest BCUT2D eigenvalue weighted by molar-refractivity contribution is 0.455. The number of hydrogen-bond donors (Lipinski definition) is 4. The largest absolute Gasteiger partial charge is 0.494 e. The zero-order valence-electron chi connectivity index (χ0n) is 19.4. The molecule has 5 nitrogen and oxygen atoms in total. The van der Waals surface area contributed by atoms with Crippen LogP contribution in [-0.4, -0.2) is 28.7 Å². The number of hydrogen-bond acceptors (Lipinski definition) is 3. The minimum atomic E-state index is 0.108. The highest BCUT2D eigenvalue weighted by molar-refractivity contribution is 6.11. The molecular weight excluding hydrogens is 384 g/mol. The second-order valence-electron chi connectivity index (χ2n) is 8.31. The number of H-pyrrole nitrogens is 1. The summed E-state index contributed by atoms with van der Waals surface area (Å²) < 4.78 is 0. The van der Waals surface area contributed by atoms with Gasteiger partial charge in [0.15, 0.2) is 5.88 Å². The standard InChI is InChI=1S/C26H34N4O/c1-7-18-10-9-15(3)20(11-18)21-13-22-23(12-19(21)8-2)30-26(31)24(22)17(5)29-25(27)16(4)14-28-6/h9-14,19,21,27-28,30-31H,7-8H2,1-6H3/b16-14-,27-25?,29-17?. The first kappa shape index (κ1) is 22.6. The molecular formula is C26H34N4O. The van der Waals surface area contributed by atoms with Crippen LogP contribution in [0.25, 0.3) is 12.2 Å². The van der Waals surface area contributed by atoms with Gasteiger partial charge in [-0.25, -0.2) is 4.99 Å². The van der Waals surface area contributed by atoms with E-state index < -0.39 is 0 Å². The van der Waals surface area contributed by atoms with Gasteiger partial charge in [0, 0.05) is 35.3 Å². The number of aromatic amines is 1. The van der Waals surface area contributed by atoms with E-state index in [1.807, 2.05) is 13.8 Å². The van der Waals surface area contributed by atoms with Crippen LogP contribution in [0, 0.1) is 18.3 Å². The summed E-state index contributed by atoms with van der Waals surface area (Å²) in [6.45, 7) is 10.3. The SMILES string of the molecule is CCc1ccc(C)c(C2C=c3c(C(C)=NC(=N)/C(C)=C\NC)c(O)[nH]c3=CC2CC)c1. The van der Waals surface area contributed by atoms with Gasteiger partial charge in [0.25, 0.3) is 0 Å². The summed E-state index contributed by atoms with van der Waals surface area (Å²) in [5.74, 6) is 0.864. The average molecular weight is 419 g/mol. The van der Waals surface area contributed by atoms with Gasteiger partial charge in [-0.3, -0.25) is 5.41 Å². The van der Waals surface area contributed by atoms with Crippen molar-refractivity contribution in [2.45, 2.75) is 53.4 Å². The van der Waals surface area contributed by atoms with E-state index in [1.54, 1.807) is 13.2 Å². The van der Waals surface area contributed by atoms with Gasteiger partial charge in [-0.05, 0) is 56.2 Å². The van der Waals surface area contributed by atoms with Crippen LogP contribution in [0.5, 0.6) is 5.88 Å². The molecule has 2 unspecified atom stereocenters. The number of benzene rings is 1. The highest BCUT2D eigenvalue weighted by Crippen LogP contribution is 2.34. The lowest BCUT2D eigenvalue weighted by Crippen LogP contribution is -2.34. The molecule has 2 atom stereocenters. The van der Waals surface area contributed by atoms with Crippen LogP contribution in [0.1, 0.15) is 62.3 Å². The Balaban J connectivity index is 2.17.